The molecule has 0 radical (unpaired) electrons. The molecular formula is C30H42N4O7S2. The summed E-state index contributed by atoms with van der Waals surface area (Å²) in [6.07, 6.45) is 7.10. The van der Waals surface area contributed by atoms with E-state index in [1.54, 1.807) is 58.8 Å². The predicted octanol–water partition coefficient (Wildman–Crippen LogP) is 5.75. The zero-order valence-corrected chi connectivity index (χ0v) is 27.0. The van der Waals surface area contributed by atoms with Gasteiger partial charge in [0, 0.05) is 48.5 Å². The van der Waals surface area contributed by atoms with E-state index in [4.69, 9.17) is 14.1 Å². The summed E-state index contributed by atoms with van der Waals surface area (Å²) >= 11 is 0. The Morgan fingerprint density at radius 3 is 2.47 bits per heavy atom. The maximum absolute atomic E-state index is 13.0. The Bertz CT molecular complexity index is 1260. The van der Waals surface area contributed by atoms with Gasteiger partial charge in [-0.05, 0) is 67.5 Å². The summed E-state index contributed by atoms with van der Waals surface area (Å²) in [7, 11) is 6.83. The second-order valence-corrected chi connectivity index (χ2v) is 13.1. The van der Waals surface area contributed by atoms with Gasteiger partial charge in [0.2, 0.25) is 6.41 Å². The zero-order chi connectivity index (χ0) is 31.2. The number of hydrogen-bond donors (Lipinski definition) is 0. The van der Waals surface area contributed by atoms with E-state index in [9.17, 15) is 19.2 Å². The van der Waals surface area contributed by atoms with Crippen molar-refractivity contribution in [1.82, 2.24) is 20.1 Å². The number of fused-ring (bicyclic) bond motifs is 1. The van der Waals surface area contributed by atoms with Gasteiger partial charge in [0.25, 0.3) is 5.91 Å². The molecule has 0 saturated heterocycles. The molecule has 1 aromatic carbocycles. The van der Waals surface area contributed by atoms with Crippen molar-refractivity contribution in [2.45, 2.75) is 90.2 Å². The maximum Gasteiger partial charge on any atom is 0.306 e. The molecule has 1 aromatic heterocycles. The summed E-state index contributed by atoms with van der Waals surface area (Å²) in [6, 6.07) is 5.11. The smallest absolute Gasteiger partial charge is 0.306 e. The minimum atomic E-state index is -0.457. The van der Waals surface area contributed by atoms with Crippen LogP contribution in [0.15, 0.2) is 33.4 Å². The lowest BCUT2D eigenvalue weighted by atomic mass is 9.91. The number of benzene rings is 1. The molecule has 0 N–H and O–H groups in total. The standard InChI is InChI=1S/C30H42N4O7S2/c1-5-6-7-18-42-43-27(21(2)33(3)20-35)16-17-39-28(36)14-15-29(37)40-24-11-9-23(10-12-24)34(4)30(38)22-8-13-25-26(19-22)32-41-31-25/h8,13,19-20,23-24H,5-7,9-12,14-18H2,1-4H3/b27-21+. The van der Waals surface area contributed by atoms with E-state index in [1.165, 1.54) is 11.3 Å². The van der Waals surface area contributed by atoms with Gasteiger partial charge in [0.05, 0.1) is 19.4 Å². The second kappa shape index (κ2) is 17.9. The normalized spacial score (nSPS) is 17.2. The highest BCUT2D eigenvalue weighted by atomic mass is 33.1. The molecule has 0 bridgehead atoms. The van der Waals surface area contributed by atoms with Gasteiger partial charge in [-0.2, -0.15) is 0 Å². The van der Waals surface area contributed by atoms with E-state index in [2.05, 4.69) is 17.2 Å². The van der Waals surface area contributed by atoms with Crippen molar-refractivity contribution in [2.75, 3.05) is 26.5 Å². The highest BCUT2D eigenvalue weighted by Crippen LogP contribution is 2.35. The Balaban J connectivity index is 1.35. The van der Waals surface area contributed by atoms with Crippen molar-refractivity contribution < 1.29 is 33.3 Å². The maximum atomic E-state index is 13.0. The molecule has 236 valence electrons. The van der Waals surface area contributed by atoms with E-state index in [1.807, 2.05) is 6.92 Å². The second-order valence-electron chi connectivity index (χ2n) is 10.6. The van der Waals surface area contributed by atoms with Crippen LogP contribution in [0, 0.1) is 0 Å². The third-order valence-corrected chi connectivity index (χ3v) is 10.2. The quantitative estimate of drug-likeness (QED) is 0.0911. The zero-order valence-electron chi connectivity index (χ0n) is 25.4. The van der Waals surface area contributed by atoms with Crippen molar-refractivity contribution >= 4 is 56.9 Å². The van der Waals surface area contributed by atoms with Gasteiger partial charge >= 0.3 is 11.9 Å². The first-order chi connectivity index (χ1) is 20.7. The summed E-state index contributed by atoms with van der Waals surface area (Å²) in [5, 5.41) is 7.57. The van der Waals surface area contributed by atoms with Gasteiger partial charge in [-0.3, -0.25) is 19.2 Å². The Morgan fingerprint density at radius 1 is 1.02 bits per heavy atom. The molecule has 0 spiro atoms. The molecule has 11 nitrogen and oxygen atoms in total. The Morgan fingerprint density at radius 2 is 1.74 bits per heavy atom. The van der Waals surface area contributed by atoms with Gasteiger partial charge in [-0.1, -0.05) is 41.4 Å². The number of aromatic nitrogens is 2. The van der Waals surface area contributed by atoms with E-state index < -0.39 is 11.9 Å². The number of rotatable bonds is 17. The summed E-state index contributed by atoms with van der Waals surface area (Å²) in [5.74, 6) is 0.0172. The fourth-order valence-corrected chi connectivity index (χ4v) is 7.32. The number of allylic oxidation sites excluding steroid dienone is 1. The number of ether oxygens (including phenoxy) is 2. The molecular weight excluding hydrogens is 592 g/mol. The Hall–Kier alpha value is -3.06. The van der Waals surface area contributed by atoms with Gasteiger partial charge in [-0.15, -0.1) is 0 Å². The largest absolute Gasteiger partial charge is 0.465 e. The summed E-state index contributed by atoms with van der Waals surface area (Å²) in [4.78, 5) is 53.1. The fourth-order valence-electron chi connectivity index (χ4n) is 4.70. The van der Waals surface area contributed by atoms with Gasteiger partial charge in [0.1, 0.15) is 17.1 Å². The lowest BCUT2D eigenvalue weighted by Gasteiger charge is -2.34. The van der Waals surface area contributed by atoms with Crippen LogP contribution in [-0.2, 0) is 23.9 Å². The molecule has 0 unspecified atom stereocenters. The van der Waals surface area contributed by atoms with Crippen molar-refractivity contribution in [2.24, 2.45) is 0 Å². The molecule has 43 heavy (non-hydrogen) atoms. The van der Waals surface area contributed by atoms with Crippen LogP contribution in [0.2, 0.25) is 0 Å². The molecule has 2 aromatic rings. The average molecular weight is 635 g/mol. The molecule has 3 rings (SSSR count). The first kappa shape index (κ1) is 34.4. The van der Waals surface area contributed by atoms with Crippen molar-refractivity contribution in [3.63, 3.8) is 0 Å². The molecule has 1 heterocycles. The summed E-state index contributed by atoms with van der Waals surface area (Å²) in [6.45, 7) is 4.22. The molecule has 1 saturated carbocycles. The SMILES string of the molecule is CCCCCSS/C(CCOC(=O)CCC(=O)OC1CCC(N(C)C(=O)c2ccc3nonc3c2)CC1)=C(\C)N(C)C=O. The lowest BCUT2D eigenvalue weighted by Crippen LogP contribution is -2.41. The van der Waals surface area contributed by atoms with Crippen LogP contribution >= 0.6 is 21.6 Å². The third kappa shape index (κ3) is 10.9. The number of nitrogens with zero attached hydrogens (tertiary/aromatic N) is 4. The number of carbonyl (C=O) groups is 4. The lowest BCUT2D eigenvalue weighted by molar-refractivity contribution is -0.155. The highest BCUT2D eigenvalue weighted by Gasteiger charge is 2.29. The van der Waals surface area contributed by atoms with Crippen LogP contribution in [-0.4, -0.2) is 83.0 Å². The average Bonchev–Trinajstić information content (AvgIpc) is 3.50. The van der Waals surface area contributed by atoms with Gasteiger partial charge < -0.3 is 19.3 Å². The van der Waals surface area contributed by atoms with Crippen LogP contribution < -0.4 is 0 Å². The molecule has 0 aliphatic heterocycles. The first-order valence-electron chi connectivity index (χ1n) is 14.7. The van der Waals surface area contributed by atoms with Crippen LogP contribution in [0.1, 0.15) is 88.4 Å². The molecule has 1 aliphatic rings. The first-order valence-corrected chi connectivity index (χ1v) is 17.1. The summed E-state index contributed by atoms with van der Waals surface area (Å²) < 4.78 is 15.7. The molecule has 13 heteroatoms. The predicted molar refractivity (Wildman–Crippen MR) is 167 cm³/mol. The van der Waals surface area contributed by atoms with Gasteiger partial charge in [0.15, 0.2) is 0 Å². The monoisotopic (exact) mass is 634 g/mol. The van der Waals surface area contributed by atoms with Crippen LogP contribution in [0.4, 0.5) is 0 Å². The van der Waals surface area contributed by atoms with E-state index in [0.29, 0.717) is 48.7 Å². The summed E-state index contributed by atoms with van der Waals surface area (Å²) in [5.41, 5.74) is 2.47. The topological polar surface area (TPSA) is 132 Å². The third-order valence-electron chi connectivity index (χ3n) is 7.52. The molecule has 1 aliphatic carbocycles. The molecule has 1 fully saturated rings. The van der Waals surface area contributed by atoms with Crippen molar-refractivity contribution in [3.05, 3.63) is 34.4 Å². The number of hydrogen-bond acceptors (Lipinski definition) is 11. The minimum absolute atomic E-state index is 0.0327. The minimum Gasteiger partial charge on any atom is -0.465 e. The van der Waals surface area contributed by atoms with Gasteiger partial charge in [-0.25, -0.2) is 4.63 Å². The fraction of sp³-hybridized carbons (Fsp3) is 0.600. The molecule has 2 amide bonds. The highest BCUT2D eigenvalue weighted by molar-refractivity contribution is 8.78. The van der Waals surface area contributed by atoms with Crippen LogP contribution in [0.25, 0.3) is 11.0 Å². The van der Waals surface area contributed by atoms with Crippen molar-refractivity contribution in [3.8, 4) is 0 Å². The van der Waals surface area contributed by atoms with E-state index in [-0.39, 0.29) is 37.5 Å². The Kier molecular flexibility index (Phi) is 14.3. The number of amides is 2. The number of unbranched alkanes of at least 4 members (excludes halogenated alkanes) is 2. The number of carbonyl (C=O) groups excluding carboxylic acids is 4. The van der Waals surface area contributed by atoms with Crippen molar-refractivity contribution in [1.29, 1.82) is 0 Å². The number of esters is 2. The van der Waals surface area contributed by atoms with E-state index >= 15 is 0 Å². The van der Waals surface area contributed by atoms with Crippen LogP contribution in [0.5, 0.6) is 0 Å². The molecule has 0 atom stereocenters. The van der Waals surface area contributed by atoms with E-state index in [0.717, 1.165) is 35.6 Å². The Labute approximate surface area is 260 Å². The van der Waals surface area contributed by atoms with Crippen LogP contribution in [0.3, 0.4) is 0 Å².